The number of hydrogen-bond acceptors (Lipinski definition) is 5. The molecular weight excluding hydrogens is 308 g/mol. The van der Waals surface area contributed by atoms with Crippen molar-refractivity contribution in [1.29, 1.82) is 0 Å². The molecule has 1 rings (SSSR count). The molecule has 0 bridgehead atoms. The first-order valence-corrected chi connectivity index (χ1v) is 9.06. The lowest BCUT2D eigenvalue weighted by atomic mass is 10.1. The first-order valence-electron chi connectivity index (χ1n) is 9.06. The molecule has 0 aromatic heterocycles. The number of hydrogen-bond donors (Lipinski definition) is 2. The lowest BCUT2D eigenvalue weighted by molar-refractivity contribution is -0.0428. The van der Waals surface area contributed by atoms with Crippen molar-refractivity contribution < 1.29 is 24.4 Å². The highest BCUT2D eigenvalue weighted by Gasteiger charge is 2.18. The van der Waals surface area contributed by atoms with Crippen LogP contribution in [-0.2, 0) is 0 Å². The predicted octanol–water partition coefficient (Wildman–Crippen LogP) is 4.21. The fraction of sp³-hybridized carbons (Fsp3) is 0.684. The van der Waals surface area contributed by atoms with Crippen LogP contribution in [0.1, 0.15) is 71.1 Å². The van der Waals surface area contributed by atoms with Gasteiger partial charge in [-0.15, -0.1) is 0 Å². The Morgan fingerprint density at radius 3 is 1.54 bits per heavy atom. The molecule has 0 radical (unpaired) electrons. The number of rotatable bonds is 13. The van der Waals surface area contributed by atoms with E-state index in [1.165, 1.54) is 0 Å². The van der Waals surface area contributed by atoms with Gasteiger partial charge in [-0.25, -0.2) is 0 Å². The van der Waals surface area contributed by atoms with Gasteiger partial charge in [0, 0.05) is 5.56 Å². The molecule has 5 heteroatoms. The summed E-state index contributed by atoms with van der Waals surface area (Å²) < 4.78 is 17.5. The Balaban J connectivity index is 3.06. The lowest BCUT2D eigenvalue weighted by Crippen LogP contribution is -2.07. The van der Waals surface area contributed by atoms with Crippen LogP contribution >= 0.6 is 0 Å². The fourth-order valence-corrected chi connectivity index (χ4v) is 2.07. The molecule has 24 heavy (non-hydrogen) atoms. The van der Waals surface area contributed by atoms with Gasteiger partial charge in [-0.1, -0.05) is 40.0 Å². The molecule has 0 unspecified atom stereocenters. The molecule has 0 saturated carbocycles. The quantitative estimate of drug-likeness (QED) is 0.416. The van der Waals surface area contributed by atoms with Crippen LogP contribution in [0.2, 0.25) is 0 Å². The Kier molecular flexibility index (Phi) is 10.3. The molecule has 2 N–H and O–H groups in total. The Labute approximate surface area is 145 Å². The Morgan fingerprint density at radius 1 is 0.750 bits per heavy atom. The minimum atomic E-state index is -1.57. The monoisotopic (exact) mass is 340 g/mol. The van der Waals surface area contributed by atoms with Crippen LogP contribution in [0.4, 0.5) is 0 Å². The van der Waals surface area contributed by atoms with Crippen molar-refractivity contribution in [2.45, 2.75) is 65.6 Å². The number of aliphatic hydroxyl groups is 2. The SMILES string of the molecule is CCCCOc1cc(C(O)O)cc(OCCCC)c1OCCCC. The summed E-state index contributed by atoms with van der Waals surface area (Å²) in [6.07, 6.45) is 4.29. The second-order valence-electron chi connectivity index (χ2n) is 5.83. The smallest absolute Gasteiger partial charge is 0.203 e. The van der Waals surface area contributed by atoms with E-state index in [0.717, 1.165) is 38.5 Å². The Hall–Kier alpha value is -1.46. The van der Waals surface area contributed by atoms with Crippen LogP contribution in [0, 0.1) is 0 Å². The van der Waals surface area contributed by atoms with Crippen LogP contribution in [0.25, 0.3) is 0 Å². The number of ether oxygens (including phenoxy) is 3. The van der Waals surface area contributed by atoms with E-state index in [9.17, 15) is 10.2 Å². The summed E-state index contributed by atoms with van der Waals surface area (Å²) in [6, 6.07) is 3.24. The second kappa shape index (κ2) is 12.0. The minimum Gasteiger partial charge on any atom is -0.490 e. The molecule has 0 aliphatic rings. The summed E-state index contributed by atoms with van der Waals surface area (Å²) in [6.45, 7) is 7.97. The molecule has 0 fully saturated rings. The first-order chi connectivity index (χ1) is 11.6. The van der Waals surface area contributed by atoms with Gasteiger partial charge in [-0.3, -0.25) is 0 Å². The molecule has 5 nitrogen and oxygen atoms in total. The van der Waals surface area contributed by atoms with Crippen LogP contribution in [0.15, 0.2) is 12.1 Å². The zero-order valence-corrected chi connectivity index (χ0v) is 15.2. The van der Waals surface area contributed by atoms with Gasteiger partial charge in [-0.05, 0) is 31.4 Å². The molecule has 1 aromatic carbocycles. The zero-order valence-electron chi connectivity index (χ0n) is 15.2. The highest BCUT2D eigenvalue weighted by atomic mass is 16.5. The molecular formula is C19H32O5. The van der Waals surface area contributed by atoms with Gasteiger partial charge in [0.1, 0.15) is 0 Å². The second-order valence-corrected chi connectivity index (χ2v) is 5.83. The van der Waals surface area contributed by atoms with E-state index < -0.39 is 6.29 Å². The van der Waals surface area contributed by atoms with Gasteiger partial charge < -0.3 is 24.4 Å². The van der Waals surface area contributed by atoms with Crippen molar-refractivity contribution in [2.75, 3.05) is 19.8 Å². The fourth-order valence-electron chi connectivity index (χ4n) is 2.07. The van der Waals surface area contributed by atoms with Crippen LogP contribution in [-0.4, -0.2) is 30.0 Å². The van der Waals surface area contributed by atoms with Crippen molar-refractivity contribution in [2.24, 2.45) is 0 Å². The number of unbranched alkanes of at least 4 members (excludes halogenated alkanes) is 3. The third kappa shape index (κ3) is 6.97. The standard InChI is InChI=1S/C19H32O5/c1-4-7-10-22-16-13-15(19(20)21)14-17(23-11-8-5-2)18(16)24-12-9-6-3/h13-14,19-21H,4-12H2,1-3H3. The summed E-state index contributed by atoms with van der Waals surface area (Å²) in [5.41, 5.74) is 0.343. The molecule has 0 atom stereocenters. The van der Waals surface area contributed by atoms with Gasteiger partial charge in [0.2, 0.25) is 5.75 Å². The van der Waals surface area contributed by atoms with Crippen molar-refractivity contribution in [1.82, 2.24) is 0 Å². The molecule has 0 aliphatic carbocycles. The Bertz CT molecular complexity index is 428. The summed E-state index contributed by atoms with van der Waals surface area (Å²) in [5, 5.41) is 19.0. The van der Waals surface area contributed by atoms with Gasteiger partial charge in [-0.2, -0.15) is 0 Å². The van der Waals surface area contributed by atoms with Gasteiger partial charge in [0.15, 0.2) is 17.8 Å². The maximum Gasteiger partial charge on any atom is 0.203 e. The molecule has 138 valence electrons. The maximum atomic E-state index is 9.52. The average Bonchev–Trinajstić information content (AvgIpc) is 2.56. The van der Waals surface area contributed by atoms with Gasteiger partial charge >= 0.3 is 0 Å². The van der Waals surface area contributed by atoms with Crippen LogP contribution in [0.5, 0.6) is 17.2 Å². The topological polar surface area (TPSA) is 68.2 Å². The van der Waals surface area contributed by atoms with E-state index in [1.807, 2.05) is 0 Å². The van der Waals surface area contributed by atoms with Crippen molar-refractivity contribution in [3.05, 3.63) is 17.7 Å². The normalized spacial score (nSPS) is 10.9. The highest BCUT2D eigenvalue weighted by Crippen LogP contribution is 2.40. The van der Waals surface area contributed by atoms with Crippen LogP contribution in [0.3, 0.4) is 0 Å². The number of benzene rings is 1. The van der Waals surface area contributed by atoms with Crippen molar-refractivity contribution >= 4 is 0 Å². The minimum absolute atomic E-state index is 0.343. The summed E-state index contributed by atoms with van der Waals surface area (Å²) in [4.78, 5) is 0. The van der Waals surface area contributed by atoms with Gasteiger partial charge in [0.05, 0.1) is 19.8 Å². The summed E-state index contributed by atoms with van der Waals surface area (Å²) in [7, 11) is 0. The highest BCUT2D eigenvalue weighted by molar-refractivity contribution is 5.54. The van der Waals surface area contributed by atoms with Crippen molar-refractivity contribution in [3.8, 4) is 17.2 Å². The summed E-state index contributed by atoms with van der Waals surface area (Å²) in [5.74, 6) is 1.58. The van der Waals surface area contributed by atoms with E-state index in [2.05, 4.69) is 20.8 Å². The van der Waals surface area contributed by atoms with E-state index >= 15 is 0 Å². The van der Waals surface area contributed by atoms with E-state index in [4.69, 9.17) is 14.2 Å². The van der Waals surface area contributed by atoms with Gasteiger partial charge in [0.25, 0.3) is 0 Å². The van der Waals surface area contributed by atoms with Crippen LogP contribution < -0.4 is 14.2 Å². The zero-order chi connectivity index (χ0) is 17.8. The lowest BCUT2D eigenvalue weighted by Gasteiger charge is -2.19. The molecule has 0 amide bonds. The molecule has 1 aromatic rings. The van der Waals surface area contributed by atoms with E-state index in [-0.39, 0.29) is 0 Å². The van der Waals surface area contributed by atoms with Crippen molar-refractivity contribution in [3.63, 3.8) is 0 Å². The van der Waals surface area contributed by atoms with E-state index in [1.54, 1.807) is 12.1 Å². The largest absolute Gasteiger partial charge is 0.490 e. The molecule has 0 spiro atoms. The first kappa shape index (κ1) is 20.6. The Morgan fingerprint density at radius 2 is 1.17 bits per heavy atom. The summed E-state index contributed by atoms with van der Waals surface area (Å²) >= 11 is 0. The number of aliphatic hydroxyl groups excluding tert-OH is 1. The third-order valence-electron chi connectivity index (χ3n) is 3.60. The molecule has 0 heterocycles. The molecule has 0 aliphatic heterocycles. The average molecular weight is 340 g/mol. The maximum absolute atomic E-state index is 9.52. The molecule has 0 saturated heterocycles. The predicted molar refractivity (Wildman–Crippen MR) is 94.8 cm³/mol. The van der Waals surface area contributed by atoms with E-state index in [0.29, 0.717) is 42.6 Å². The third-order valence-corrected chi connectivity index (χ3v) is 3.60.